The molecule has 0 spiro atoms. The zero-order valence-corrected chi connectivity index (χ0v) is 20.2. The van der Waals surface area contributed by atoms with Crippen LogP contribution in [0.3, 0.4) is 0 Å². The Morgan fingerprint density at radius 1 is 1.14 bits per heavy atom. The van der Waals surface area contributed by atoms with Crippen LogP contribution in [0.4, 0.5) is 15.9 Å². The minimum atomic E-state index is -0.304. The van der Waals surface area contributed by atoms with Crippen molar-refractivity contribution in [2.24, 2.45) is 5.16 Å². The van der Waals surface area contributed by atoms with E-state index in [9.17, 15) is 4.39 Å². The van der Waals surface area contributed by atoms with Crippen LogP contribution in [0.25, 0.3) is 10.9 Å². The second-order valence-corrected chi connectivity index (χ2v) is 8.92. The highest BCUT2D eigenvalue weighted by Gasteiger charge is 2.14. The van der Waals surface area contributed by atoms with Crippen molar-refractivity contribution in [3.05, 3.63) is 89.0 Å². The maximum absolute atomic E-state index is 13.4. The molecule has 3 aromatic carbocycles. The Morgan fingerprint density at radius 2 is 2.08 bits per heavy atom. The Hall–Kier alpha value is -3.75. The van der Waals surface area contributed by atoms with Crippen LogP contribution < -0.4 is 15.4 Å². The molecule has 0 aliphatic carbocycles. The number of oxime groups is 1. The lowest BCUT2D eigenvalue weighted by atomic mass is 10.1. The van der Waals surface area contributed by atoms with Gasteiger partial charge in [-0.15, -0.1) is 0 Å². The van der Waals surface area contributed by atoms with Gasteiger partial charge in [0, 0.05) is 17.1 Å². The molecule has 4 aromatic rings. The molecule has 1 aromatic heterocycles. The Kier molecular flexibility index (Phi) is 7.54. The van der Waals surface area contributed by atoms with Gasteiger partial charge in [-0.25, -0.2) is 14.4 Å². The minimum Gasteiger partial charge on any atom is -0.487 e. The van der Waals surface area contributed by atoms with E-state index in [4.69, 9.17) is 21.2 Å². The first-order valence-electron chi connectivity index (χ1n) is 11.7. The fraction of sp³-hybridized carbons (Fsp3) is 0.222. The maximum Gasteiger partial charge on any atom is 0.141 e. The quantitative estimate of drug-likeness (QED) is 0.219. The van der Waals surface area contributed by atoms with E-state index in [1.54, 1.807) is 30.5 Å². The van der Waals surface area contributed by atoms with Crippen LogP contribution in [0.1, 0.15) is 24.0 Å². The lowest BCUT2D eigenvalue weighted by Gasteiger charge is -2.12. The van der Waals surface area contributed by atoms with Gasteiger partial charge < -0.3 is 20.2 Å². The van der Waals surface area contributed by atoms with E-state index in [2.05, 4.69) is 25.8 Å². The Bertz CT molecular complexity index is 1380. The van der Waals surface area contributed by atoms with Crippen LogP contribution in [0.5, 0.6) is 5.75 Å². The average molecular weight is 506 g/mol. The van der Waals surface area contributed by atoms with Crippen LogP contribution >= 0.6 is 11.6 Å². The predicted molar refractivity (Wildman–Crippen MR) is 140 cm³/mol. The van der Waals surface area contributed by atoms with E-state index in [-0.39, 0.29) is 12.4 Å². The highest BCUT2D eigenvalue weighted by atomic mass is 35.5. The van der Waals surface area contributed by atoms with Crippen LogP contribution in [0.2, 0.25) is 5.02 Å². The van der Waals surface area contributed by atoms with Crippen LogP contribution in [0, 0.1) is 5.82 Å². The van der Waals surface area contributed by atoms with Gasteiger partial charge >= 0.3 is 0 Å². The lowest BCUT2D eigenvalue weighted by Crippen LogP contribution is -2.25. The highest BCUT2D eigenvalue weighted by Crippen LogP contribution is 2.31. The van der Waals surface area contributed by atoms with Crippen LogP contribution in [-0.4, -0.2) is 35.4 Å². The normalized spacial score (nSPS) is 15.4. The number of aromatic nitrogens is 2. The second kappa shape index (κ2) is 11.3. The van der Waals surface area contributed by atoms with E-state index in [0.717, 1.165) is 40.7 Å². The van der Waals surface area contributed by atoms with E-state index in [0.29, 0.717) is 29.2 Å². The molecule has 0 amide bonds. The molecule has 7 nitrogen and oxygen atoms in total. The summed E-state index contributed by atoms with van der Waals surface area (Å²) in [4.78, 5) is 14.2. The topological polar surface area (TPSA) is 80.7 Å². The van der Waals surface area contributed by atoms with E-state index >= 15 is 0 Å². The van der Waals surface area contributed by atoms with Crippen molar-refractivity contribution in [1.29, 1.82) is 0 Å². The summed E-state index contributed by atoms with van der Waals surface area (Å²) in [6.45, 7) is 1.81. The van der Waals surface area contributed by atoms with E-state index in [1.165, 1.54) is 24.9 Å². The molecule has 5 rings (SSSR count). The number of rotatable bonds is 9. The second-order valence-electron chi connectivity index (χ2n) is 8.51. The van der Waals surface area contributed by atoms with E-state index < -0.39 is 0 Å². The number of fused-ring (bicyclic) bond motifs is 1. The predicted octanol–water partition coefficient (Wildman–Crippen LogP) is 5.85. The third kappa shape index (κ3) is 6.08. The third-order valence-corrected chi connectivity index (χ3v) is 6.15. The number of benzene rings is 3. The summed E-state index contributed by atoms with van der Waals surface area (Å²) in [7, 11) is 0. The molecule has 0 radical (unpaired) electrons. The summed E-state index contributed by atoms with van der Waals surface area (Å²) in [5, 5.41) is 12.1. The van der Waals surface area contributed by atoms with E-state index in [1.807, 2.05) is 24.3 Å². The number of ether oxygens (including phenoxy) is 1. The van der Waals surface area contributed by atoms with Gasteiger partial charge in [0.1, 0.15) is 36.9 Å². The molecule has 0 unspecified atom stereocenters. The zero-order chi connectivity index (χ0) is 24.7. The molecule has 2 N–H and O–H groups in total. The molecule has 1 fully saturated rings. The number of halogens is 2. The van der Waals surface area contributed by atoms with Crippen molar-refractivity contribution in [3.8, 4) is 5.75 Å². The third-order valence-electron chi connectivity index (χ3n) is 5.85. The molecular formula is C27H25ClFN5O2. The van der Waals surface area contributed by atoms with Crippen molar-refractivity contribution >= 4 is 40.2 Å². The summed E-state index contributed by atoms with van der Waals surface area (Å²) in [5.74, 6) is 0.836. The van der Waals surface area contributed by atoms with Crippen LogP contribution in [0.15, 0.2) is 72.1 Å². The summed E-state index contributed by atoms with van der Waals surface area (Å²) in [6, 6.07) is 17.8. The van der Waals surface area contributed by atoms with Crippen molar-refractivity contribution in [3.63, 3.8) is 0 Å². The van der Waals surface area contributed by atoms with Gasteiger partial charge in [-0.2, -0.15) is 0 Å². The first-order valence-corrected chi connectivity index (χ1v) is 12.1. The molecule has 0 saturated carbocycles. The van der Waals surface area contributed by atoms with Gasteiger partial charge in [-0.05, 0) is 73.0 Å². The number of nitrogens with one attached hydrogen (secondary N) is 2. The number of hydrogen-bond donors (Lipinski definition) is 2. The molecule has 9 heteroatoms. The maximum atomic E-state index is 13.4. The van der Waals surface area contributed by atoms with Gasteiger partial charge in [0.05, 0.1) is 16.8 Å². The van der Waals surface area contributed by atoms with Crippen molar-refractivity contribution in [2.75, 3.05) is 18.5 Å². The summed E-state index contributed by atoms with van der Waals surface area (Å²) in [6.07, 6.45) is 5.48. The molecule has 1 atom stereocenters. The van der Waals surface area contributed by atoms with Gasteiger partial charge in [0.15, 0.2) is 0 Å². The van der Waals surface area contributed by atoms with Crippen molar-refractivity contribution < 1.29 is 14.0 Å². The van der Waals surface area contributed by atoms with Gasteiger partial charge in [0.2, 0.25) is 0 Å². The summed E-state index contributed by atoms with van der Waals surface area (Å²) >= 11 is 6.45. The number of hydrogen-bond acceptors (Lipinski definition) is 7. The minimum absolute atomic E-state index is 0.214. The summed E-state index contributed by atoms with van der Waals surface area (Å²) < 4.78 is 19.2. The zero-order valence-electron chi connectivity index (χ0n) is 19.5. The molecule has 1 saturated heterocycles. The molecule has 36 heavy (non-hydrogen) atoms. The molecule has 2 heterocycles. The first kappa shape index (κ1) is 24.0. The molecule has 1 aliphatic rings. The van der Waals surface area contributed by atoms with Crippen LogP contribution in [-0.2, 0) is 11.4 Å². The largest absolute Gasteiger partial charge is 0.487 e. The number of nitrogens with zero attached hydrogens (tertiary/aromatic N) is 3. The van der Waals surface area contributed by atoms with Gasteiger partial charge in [0.25, 0.3) is 0 Å². The molecule has 0 bridgehead atoms. The molecular weight excluding hydrogens is 481 g/mol. The van der Waals surface area contributed by atoms with Crippen molar-refractivity contribution in [2.45, 2.75) is 25.5 Å². The lowest BCUT2D eigenvalue weighted by molar-refractivity contribution is 0.126. The monoisotopic (exact) mass is 505 g/mol. The first-order chi connectivity index (χ1) is 17.6. The number of anilines is 2. The van der Waals surface area contributed by atoms with Gasteiger partial charge in [-0.1, -0.05) is 35.0 Å². The van der Waals surface area contributed by atoms with Crippen molar-refractivity contribution in [1.82, 2.24) is 15.3 Å². The smallest absolute Gasteiger partial charge is 0.141 e. The fourth-order valence-electron chi connectivity index (χ4n) is 4.00. The highest BCUT2D eigenvalue weighted by molar-refractivity contribution is 6.32. The Morgan fingerprint density at radius 3 is 2.92 bits per heavy atom. The average Bonchev–Trinajstić information content (AvgIpc) is 3.40. The fourth-order valence-corrected chi connectivity index (χ4v) is 4.24. The molecule has 184 valence electrons. The summed E-state index contributed by atoms with van der Waals surface area (Å²) in [5.41, 5.74) is 3.13. The van der Waals surface area contributed by atoms with Gasteiger partial charge in [-0.3, -0.25) is 0 Å². The Balaban J connectivity index is 1.27. The Labute approximate surface area is 213 Å². The SMILES string of the molecule is Fc1cccc(COc2ccc(Nc3ncnc4ccc(C=NOC[C@@H]5CCCN5)cc34)cc2Cl)c1. The standard InChI is InChI=1S/C27H25ClFN5O2/c28-24-13-21(7-9-26(24)35-15-19-3-1-4-20(29)11-19)34-27-23-12-18(6-8-25(23)31-17-32-27)14-33-36-16-22-5-2-10-30-22/h1,3-4,6-9,11-14,17,22,30H,2,5,10,15-16H2,(H,31,32,34)/t22-/m0/s1. The molecule has 1 aliphatic heterocycles.